The Labute approximate surface area is 186 Å². The molecule has 0 unspecified atom stereocenters. The lowest BCUT2D eigenvalue weighted by atomic mass is 10.0. The lowest BCUT2D eigenvalue weighted by molar-refractivity contribution is 0.0749. The molecule has 5 nitrogen and oxygen atoms in total. The van der Waals surface area contributed by atoms with Gasteiger partial charge in [0, 0.05) is 55.3 Å². The fourth-order valence-corrected chi connectivity index (χ4v) is 4.61. The first-order valence-corrected chi connectivity index (χ1v) is 10.8. The maximum atomic E-state index is 13.8. The first-order chi connectivity index (χ1) is 15.1. The predicted molar refractivity (Wildman–Crippen MR) is 126 cm³/mol. The number of halogens is 1. The number of rotatable bonds is 3. The van der Waals surface area contributed by atoms with E-state index < -0.39 is 0 Å². The number of aryl methyl sites for hydroxylation is 1. The SMILES string of the molecule is Cn1c(-c2ccccc2)c(C(=O)N2CCN(c3cccnc3)CC2)c2cc(Cl)ccc21. The van der Waals surface area contributed by atoms with E-state index in [0.29, 0.717) is 18.1 Å². The van der Waals surface area contributed by atoms with Crippen LogP contribution >= 0.6 is 11.6 Å². The molecule has 1 aliphatic rings. The lowest BCUT2D eigenvalue weighted by Gasteiger charge is -2.36. The van der Waals surface area contributed by atoms with Crippen molar-refractivity contribution in [3.8, 4) is 11.3 Å². The molecule has 0 spiro atoms. The van der Waals surface area contributed by atoms with Crippen molar-refractivity contribution in [1.82, 2.24) is 14.5 Å². The van der Waals surface area contributed by atoms with E-state index in [1.807, 2.05) is 72.7 Å². The molecule has 156 valence electrons. The third kappa shape index (κ3) is 3.55. The Morgan fingerprint density at radius 3 is 2.45 bits per heavy atom. The minimum Gasteiger partial charge on any atom is -0.367 e. The number of benzene rings is 2. The summed E-state index contributed by atoms with van der Waals surface area (Å²) in [6, 6.07) is 19.9. The van der Waals surface area contributed by atoms with Crippen LogP contribution in [0.4, 0.5) is 5.69 Å². The van der Waals surface area contributed by atoms with Crippen LogP contribution in [-0.2, 0) is 7.05 Å². The van der Waals surface area contributed by atoms with E-state index in [-0.39, 0.29) is 5.91 Å². The largest absolute Gasteiger partial charge is 0.367 e. The molecule has 0 N–H and O–H groups in total. The number of aromatic nitrogens is 2. The summed E-state index contributed by atoms with van der Waals surface area (Å²) < 4.78 is 2.10. The smallest absolute Gasteiger partial charge is 0.256 e. The molecule has 1 fully saturated rings. The van der Waals surface area contributed by atoms with Crippen molar-refractivity contribution in [2.45, 2.75) is 0 Å². The van der Waals surface area contributed by atoms with E-state index in [1.165, 1.54) is 0 Å². The van der Waals surface area contributed by atoms with E-state index in [4.69, 9.17) is 11.6 Å². The van der Waals surface area contributed by atoms with Gasteiger partial charge in [0.1, 0.15) is 0 Å². The Bertz CT molecular complexity index is 1230. The van der Waals surface area contributed by atoms with Gasteiger partial charge in [-0.05, 0) is 35.9 Å². The summed E-state index contributed by atoms with van der Waals surface area (Å²) in [5, 5.41) is 1.53. The third-order valence-corrected chi connectivity index (χ3v) is 6.24. The molecule has 6 heteroatoms. The van der Waals surface area contributed by atoms with Crippen LogP contribution in [0.15, 0.2) is 73.1 Å². The molecule has 31 heavy (non-hydrogen) atoms. The monoisotopic (exact) mass is 430 g/mol. The minimum atomic E-state index is 0.0533. The molecule has 2 aromatic heterocycles. The molecule has 0 bridgehead atoms. The first kappa shape index (κ1) is 19.6. The second-order valence-corrected chi connectivity index (χ2v) is 8.24. The van der Waals surface area contributed by atoms with Gasteiger partial charge in [-0.25, -0.2) is 0 Å². The molecule has 3 heterocycles. The Kier molecular flexibility index (Phi) is 5.12. The van der Waals surface area contributed by atoms with Crippen LogP contribution in [0.2, 0.25) is 5.02 Å². The Morgan fingerprint density at radius 2 is 1.74 bits per heavy atom. The van der Waals surface area contributed by atoms with Crippen LogP contribution in [0.5, 0.6) is 0 Å². The molecule has 0 atom stereocenters. The number of carbonyl (C=O) groups excluding carboxylic acids is 1. The number of pyridine rings is 1. The molecule has 0 aliphatic carbocycles. The van der Waals surface area contributed by atoms with Gasteiger partial charge in [0.05, 0.1) is 23.1 Å². The molecule has 5 rings (SSSR count). The third-order valence-electron chi connectivity index (χ3n) is 6.00. The molecule has 0 saturated carbocycles. The average Bonchev–Trinajstić information content (AvgIpc) is 3.11. The van der Waals surface area contributed by atoms with Crippen LogP contribution in [0.25, 0.3) is 22.2 Å². The summed E-state index contributed by atoms with van der Waals surface area (Å²) in [4.78, 5) is 22.3. The van der Waals surface area contributed by atoms with E-state index in [0.717, 1.165) is 46.5 Å². The molecule has 2 aromatic carbocycles. The Hall–Kier alpha value is -3.31. The summed E-state index contributed by atoms with van der Waals surface area (Å²) in [6.07, 6.45) is 3.65. The van der Waals surface area contributed by atoms with E-state index in [9.17, 15) is 4.79 Å². The van der Waals surface area contributed by atoms with Gasteiger partial charge in [-0.2, -0.15) is 0 Å². The lowest BCUT2D eigenvalue weighted by Crippen LogP contribution is -2.48. The van der Waals surface area contributed by atoms with E-state index >= 15 is 0 Å². The van der Waals surface area contributed by atoms with Gasteiger partial charge in [-0.1, -0.05) is 41.9 Å². The summed E-state index contributed by atoms with van der Waals surface area (Å²) in [5.41, 5.74) is 4.77. The molecule has 1 saturated heterocycles. The zero-order valence-corrected chi connectivity index (χ0v) is 18.1. The van der Waals surface area contributed by atoms with Crippen LogP contribution in [-0.4, -0.2) is 46.5 Å². The standard InChI is InChI=1S/C25H23ClN4O/c1-28-22-10-9-19(26)16-21(22)23(24(28)18-6-3-2-4-7-18)25(31)30-14-12-29(13-15-30)20-8-5-11-27-17-20/h2-11,16-17H,12-15H2,1H3. The zero-order valence-electron chi connectivity index (χ0n) is 17.3. The summed E-state index contributed by atoms with van der Waals surface area (Å²) in [7, 11) is 2.01. The number of fused-ring (bicyclic) bond motifs is 1. The second kappa shape index (κ2) is 8.08. The van der Waals surface area contributed by atoms with Gasteiger partial charge in [0.15, 0.2) is 0 Å². The number of amides is 1. The topological polar surface area (TPSA) is 41.4 Å². The van der Waals surface area contributed by atoms with Crippen LogP contribution < -0.4 is 4.90 Å². The molecular formula is C25H23ClN4O. The van der Waals surface area contributed by atoms with Gasteiger partial charge in [-0.15, -0.1) is 0 Å². The summed E-state index contributed by atoms with van der Waals surface area (Å²) in [5.74, 6) is 0.0533. The fourth-order valence-electron chi connectivity index (χ4n) is 4.43. The normalized spacial score (nSPS) is 14.3. The number of carbonyl (C=O) groups is 1. The fraction of sp³-hybridized carbons (Fsp3) is 0.200. The number of piperazine rings is 1. The average molecular weight is 431 g/mol. The van der Waals surface area contributed by atoms with E-state index in [2.05, 4.69) is 20.5 Å². The quantitative estimate of drug-likeness (QED) is 0.466. The van der Waals surface area contributed by atoms with Crippen LogP contribution in [0.3, 0.4) is 0 Å². The van der Waals surface area contributed by atoms with E-state index in [1.54, 1.807) is 6.20 Å². The maximum Gasteiger partial charge on any atom is 0.256 e. The van der Waals surface area contributed by atoms with Crippen molar-refractivity contribution in [2.24, 2.45) is 7.05 Å². The first-order valence-electron chi connectivity index (χ1n) is 10.4. The molecule has 1 amide bonds. The maximum absolute atomic E-state index is 13.8. The predicted octanol–water partition coefficient (Wildman–Crippen LogP) is 4.86. The van der Waals surface area contributed by atoms with Crippen molar-refractivity contribution in [3.63, 3.8) is 0 Å². The molecule has 4 aromatic rings. The van der Waals surface area contributed by atoms with Gasteiger partial charge in [0.25, 0.3) is 5.91 Å². The summed E-state index contributed by atoms with van der Waals surface area (Å²) >= 11 is 6.33. The molecule has 0 radical (unpaired) electrons. The van der Waals surface area contributed by atoms with Crippen molar-refractivity contribution in [2.75, 3.05) is 31.1 Å². The van der Waals surface area contributed by atoms with Gasteiger partial charge in [0.2, 0.25) is 0 Å². The Morgan fingerprint density at radius 1 is 0.968 bits per heavy atom. The molecular weight excluding hydrogens is 408 g/mol. The number of nitrogens with zero attached hydrogens (tertiary/aromatic N) is 4. The highest BCUT2D eigenvalue weighted by molar-refractivity contribution is 6.31. The number of anilines is 1. The van der Waals surface area contributed by atoms with Crippen molar-refractivity contribution in [1.29, 1.82) is 0 Å². The highest BCUT2D eigenvalue weighted by Crippen LogP contribution is 2.35. The van der Waals surface area contributed by atoms with Gasteiger partial charge < -0.3 is 14.4 Å². The Balaban J connectivity index is 1.52. The molecule has 1 aliphatic heterocycles. The minimum absolute atomic E-state index is 0.0533. The summed E-state index contributed by atoms with van der Waals surface area (Å²) in [6.45, 7) is 2.89. The van der Waals surface area contributed by atoms with Crippen molar-refractivity contribution >= 4 is 34.1 Å². The number of hydrogen-bond acceptors (Lipinski definition) is 3. The van der Waals surface area contributed by atoms with Gasteiger partial charge in [-0.3, -0.25) is 9.78 Å². The van der Waals surface area contributed by atoms with Crippen LogP contribution in [0, 0.1) is 0 Å². The second-order valence-electron chi connectivity index (χ2n) is 7.80. The zero-order chi connectivity index (χ0) is 21.4. The number of hydrogen-bond donors (Lipinski definition) is 0. The highest BCUT2D eigenvalue weighted by Gasteiger charge is 2.28. The van der Waals surface area contributed by atoms with Crippen LogP contribution in [0.1, 0.15) is 10.4 Å². The van der Waals surface area contributed by atoms with Crippen molar-refractivity contribution < 1.29 is 4.79 Å². The van der Waals surface area contributed by atoms with Gasteiger partial charge >= 0.3 is 0 Å². The highest BCUT2D eigenvalue weighted by atomic mass is 35.5. The van der Waals surface area contributed by atoms with Crippen molar-refractivity contribution in [3.05, 3.63) is 83.6 Å².